The number of anilines is 1. The summed E-state index contributed by atoms with van der Waals surface area (Å²) in [5.41, 5.74) is 0.352. The average Bonchev–Trinajstić information content (AvgIpc) is 3.23. The number of halogens is 1. The van der Waals surface area contributed by atoms with E-state index in [1.807, 2.05) is 0 Å². The summed E-state index contributed by atoms with van der Waals surface area (Å²) in [7, 11) is -1.50. The van der Waals surface area contributed by atoms with Crippen molar-refractivity contribution in [1.29, 1.82) is 0 Å². The van der Waals surface area contributed by atoms with E-state index in [9.17, 15) is 27.6 Å². The Balaban J connectivity index is 0.000000271. The summed E-state index contributed by atoms with van der Waals surface area (Å²) in [5.74, 6) is -3.10. The molecule has 2 heterocycles. The van der Waals surface area contributed by atoms with Gasteiger partial charge in [-0.1, -0.05) is 47.2 Å². The van der Waals surface area contributed by atoms with Crippen molar-refractivity contribution < 1.29 is 42.5 Å². The summed E-state index contributed by atoms with van der Waals surface area (Å²) >= 11 is 6.91. The number of methoxy groups -OCH3 is 2. The number of carbonyl (C=O) groups is 3. The minimum atomic E-state index is -4.18. The molecule has 0 bridgehead atoms. The molecule has 0 aliphatic carbocycles. The molecule has 0 aliphatic rings. The molecule has 0 atom stereocenters. The molecule has 222 valence electrons. The monoisotopic (exact) mass is 639 g/mol. The Morgan fingerprint density at radius 3 is 2.26 bits per heavy atom. The van der Waals surface area contributed by atoms with Crippen LogP contribution in [0.4, 0.5) is 10.7 Å². The minimum Gasteiger partial charge on any atom is -0.481 e. The van der Waals surface area contributed by atoms with Crippen LogP contribution in [0.15, 0.2) is 53.3 Å². The number of hydrogen-bond acceptors (Lipinski definition) is 11. The molecular weight excluding hydrogens is 618 g/mol. The Morgan fingerprint density at radius 2 is 1.67 bits per heavy atom. The van der Waals surface area contributed by atoms with Gasteiger partial charge in [0.05, 0.1) is 46.8 Å². The van der Waals surface area contributed by atoms with E-state index in [4.69, 9.17) is 31.3 Å². The summed E-state index contributed by atoms with van der Waals surface area (Å²) in [6.07, 6.45) is 0. The minimum absolute atomic E-state index is 0.0320. The number of carboxylic acid groups (broad SMARTS) is 2. The zero-order valence-electron chi connectivity index (χ0n) is 21.7. The topological polar surface area (TPSA) is 216 Å². The number of aromatic carboxylic acids is 1. The first-order valence-electron chi connectivity index (χ1n) is 11.4. The standard InChI is InChI=1S/C15H16N4O7S.C9H6ClNO3S/c1-25-11-7-12(26-2)17-14(16-11)18-15(22)19-27(23,24)8-9-5-3-4-6-10(9)13(20)21;10-5-2-1-3-6-8(5)11(4-7(12)13)9(14)15-6/h3-7H,8H2,1-2H3,(H,20,21)(H2,16,17,18,19,22);1-3H,4H2,(H,12,13). The van der Waals surface area contributed by atoms with E-state index in [1.54, 1.807) is 22.9 Å². The van der Waals surface area contributed by atoms with Gasteiger partial charge in [-0.25, -0.2) is 22.7 Å². The molecule has 0 unspecified atom stereocenters. The Labute approximate surface area is 246 Å². The molecule has 0 spiro atoms. The number of urea groups is 1. The predicted molar refractivity (Wildman–Crippen MR) is 152 cm³/mol. The van der Waals surface area contributed by atoms with E-state index in [2.05, 4.69) is 15.3 Å². The molecule has 0 radical (unpaired) electrons. The summed E-state index contributed by atoms with van der Waals surface area (Å²) in [5, 5.41) is 20.3. The fourth-order valence-electron chi connectivity index (χ4n) is 3.39. The van der Waals surface area contributed by atoms with Crippen molar-refractivity contribution in [3.05, 3.63) is 74.3 Å². The molecule has 2 amide bonds. The van der Waals surface area contributed by atoms with E-state index < -0.39 is 33.7 Å². The third-order valence-electron chi connectivity index (χ3n) is 5.09. The van der Waals surface area contributed by atoms with Crippen LogP contribution in [-0.4, -0.2) is 65.4 Å². The summed E-state index contributed by atoms with van der Waals surface area (Å²) in [6, 6.07) is 10.9. The van der Waals surface area contributed by atoms with Crippen LogP contribution in [0.2, 0.25) is 5.02 Å². The molecule has 2 aromatic heterocycles. The third-order valence-corrected chi connectivity index (χ3v) is 7.53. The largest absolute Gasteiger partial charge is 0.481 e. The molecule has 42 heavy (non-hydrogen) atoms. The van der Waals surface area contributed by atoms with Crippen molar-refractivity contribution in [2.75, 3.05) is 19.5 Å². The van der Waals surface area contributed by atoms with Gasteiger partial charge >= 0.3 is 22.8 Å². The van der Waals surface area contributed by atoms with Crippen LogP contribution in [0.1, 0.15) is 15.9 Å². The third kappa shape index (κ3) is 8.38. The second kappa shape index (κ2) is 13.7. The van der Waals surface area contributed by atoms with E-state index in [1.165, 1.54) is 49.1 Å². The molecule has 0 saturated heterocycles. The summed E-state index contributed by atoms with van der Waals surface area (Å²) in [6.45, 7) is -0.359. The summed E-state index contributed by atoms with van der Waals surface area (Å²) < 4.78 is 37.8. The molecule has 0 saturated carbocycles. The van der Waals surface area contributed by atoms with Crippen molar-refractivity contribution >= 4 is 67.1 Å². The fourth-order valence-corrected chi connectivity index (χ4v) is 5.71. The fraction of sp³-hybridized carbons (Fsp3) is 0.167. The number of benzene rings is 2. The van der Waals surface area contributed by atoms with Crippen LogP contribution in [0.25, 0.3) is 10.2 Å². The molecular formula is C24H22ClN5O10S2. The number of rotatable bonds is 9. The number of amides is 2. The molecule has 15 nitrogen and oxygen atoms in total. The van der Waals surface area contributed by atoms with Crippen LogP contribution in [-0.2, 0) is 27.1 Å². The number of nitrogens with one attached hydrogen (secondary N) is 2. The first-order valence-corrected chi connectivity index (χ1v) is 14.3. The maximum Gasteiger partial charge on any atom is 0.335 e. The SMILES string of the molecule is COc1cc(OC)nc(NC(=O)NS(=O)(=O)Cc2ccccc2C(=O)O)n1.O=C(O)Cn1c(=O)sc2cccc(Cl)c21. The molecule has 4 aromatic rings. The number of carbonyl (C=O) groups excluding carboxylic acids is 1. The Bertz CT molecular complexity index is 1780. The number of aromatic nitrogens is 3. The van der Waals surface area contributed by atoms with E-state index in [0.29, 0.717) is 15.2 Å². The quantitative estimate of drug-likeness (QED) is 0.208. The second-order valence-electron chi connectivity index (χ2n) is 7.99. The first-order chi connectivity index (χ1) is 19.8. The lowest BCUT2D eigenvalue weighted by molar-refractivity contribution is -0.137. The van der Waals surface area contributed by atoms with Gasteiger partial charge in [0.1, 0.15) is 6.54 Å². The van der Waals surface area contributed by atoms with Gasteiger partial charge < -0.3 is 19.7 Å². The predicted octanol–water partition coefficient (Wildman–Crippen LogP) is 2.64. The molecule has 0 fully saturated rings. The van der Waals surface area contributed by atoms with Gasteiger partial charge in [-0.2, -0.15) is 9.97 Å². The number of sulfonamides is 1. The number of hydrogen-bond donors (Lipinski definition) is 4. The number of thiazole rings is 1. The highest BCUT2D eigenvalue weighted by atomic mass is 35.5. The molecule has 2 aromatic carbocycles. The Hall–Kier alpha value is -4.74. The highest BCUT2D eigenvalue weighted by Crippen LogP contribution is 2.25. The second-order valence-corrected chi connectivity index (χ2v) is 11.1. The van der Waals surface area contributed by atoms with Crippen LogP contribution < -0.4 is 24.4 Å². The lowest BCUT2D eigenvalue weighted by Crippen LogP contribution is -2.36. The van der Waals surface area contributed by atoms with Gasteiger partial charge in [0.15, 0.2) is 0 Å². The first kappa shape index (κ1) is 31.8. The number of carboxylic acids is 2. The average molecular weight is 640 g/mol. The zero-order valence-corrected chi connectivity index (χ0v) is 24.1. The van der Waals surface area contributed by atoms with Crippen molar-refractivity contribution in [3.63, 3.8) is 0 Å². The number of nitrogens with zero attached hydrogens (tertiary/aromatic N) is 3. The van der Waals surface area contributed by atoms with E-state index in [-0.39, 0.29) is 40.3 Å². The smallest absolute Gasteiger partial charge is 0.335 e. The zero-order chi connectivity index (χ0) is 31.0. The van der Waals surface area contributed by atoms with E-state index >= 15 is 0 Å². The van der Waals surface area contributed by atoms with Gasteiger partial charge in [0.2, 0.25) is 27.7 Å². The number of para-hydroxylation sites is 1. The van der Waals surface area contributed by atoms with Crippen LogP contribution >= 0.6 is 22.9 Å². The molecule has 4 N–H and O–H groups in total. The van der Waals surface area contributed by atoms with Crippen LogP contribution in [0, 0.1) is 0 Å². The van der Waals surface area contributed by atoms with Gasteiger partial charge in [-0.15, -0.1) is 0 Å². The number of aliphatic carboxylic acids is 1. The molecule has 0 aliphatic heterocycles. The van der Waals surface area contributed by atoms with Crippen molar-refractivity contribution in [3.8, 4) is 11.8 Å². The highest BCUT2D eigenvalue weighted by molar-refractivity contribution is 7.89. The van der Waals surface area contributed by atoms with Crippen LogP contribution in [0.3, 0.4) is 0 Å². The van der Waals surface area contributed by atoms with Gasteiger partial charge in [-0.3, -0.25) is 19.5 Å². The molecule has 4 rings (SSSR count). The lowest BCUT2D eigenvalue weighted by atomic mass is 10.1. The van der Waals surface area contributed by atoms with Gasteiger partial charge in [-0.05, 0) is 23.8 Å². The lowest BCUT2D eigenvalue weighted by Gasteiger charge is -2.10. The van der Waals surface area contributed by atoms with Gasteiger partial charge in [0.25, 0.3) is 0 Å². The van der Waals surface area contributed by atoms with Crippen LogP contribution in [0.5, 0.6) is 11.8 Å². The number of fused-ring (bicyclic) bond motifs is 1. The van der Waals surface area contributed by atoms with Crippen molar-refractivity contribution in [2.45, 2.75) is 12.3 Å². The number of ether oxygens (including phenoxy) is 2. The van der Waals surface area contributed by atoms with Crippen molar-refractivity contribution in [1.82, 2.24) is 19.3 Å². The van der Waals surface area contributed by atoms with E-state index in [0.717, 1.165) is 11.3 Å². The summed E-state index contributed by atoms with van der Waals surface area (Å²) in [4.78, 5) is 52.5. The molecule has 18 heteroatoms. The van der Waals surface area contributed by atoms with Crippen molar-refractivity contribution in [2.24, 2.45) is 0 Å². The Morgan fingerprint density at radius 1 is 1.02 bits per heavy atom. The maximum atomic E-state index is 12.2. The normalized spacial score (nSPS) is 10.7. The van der Waals surface area contributed by atoms with Gasteiger partial charge in [0, 0.05) is 0 Å². The highest BCUT2D eigenvalue weighted by Gasteiger charge is 2.20. The maximum absolute atomic E-state index is 12.2. The Kier molecular flexibility index (Phi) is 10.4.